The maximum absolute atomic E-state index is 3.54. The lowest BCUT2D eigenvalue weighted by molar-refractivity contribution is 0.537. The van der Waals surface area contributed by atoms with Gasteiger partial charge < -0.3 is 9.88 Å². The van der Waals surface area contributed by atoms with Gasteiger partial charge in [0.1, 0.15) is 0 Å². The summed E-state index contributed by atoms with van der Waals surface area (Å²) in [6, 6.07) is 2.81. The van der Waals surface area contributed by atoms with Crippen molar-refractivity contribution in [3.63, 3.8) is 0 Å². The zero-order valence-electron chi connectivity index (χ0n) is 9.99. The van der Waals surface area contributed by atoms with Gasteiger partial charge in [-0.3, -0.25) is 0 Å². The van der Waals surface area contributed by atoms with Gasteiger partial charge in [0.25, 0.3) is 0 Å². The van der Waals surface area contributed by atoms with E-state index in [9.17, 15) is 0 Å². The van der Waals surface area contributed by atoms with E-state index in [1.807, 2.05) is 11.8 Å². The first-order valence-electron chi connectivity index (χ1n) is 5.63. The van der Waals surface area contributed by atoms with Crippen LogP contribution in [0.5, 0.6) is 0 Å². The molecule has 2 nitrogen and oxygen atoms in total. The van der Waals surface area contributed by atoms with Crippen LogP contribution in [0.4, 0.5) is 0 Å². The zero-order chi connectivity index (χ0) is 11.1. The molecule has 86 valence electrons. The zero-order valence-corrected chi connectivity index (χ0v) is 10.8. The van der Waals surface area contributed by atoms with E-state index in [0.717, 1.165) is 13.1 Å². The van der Waals surface area contributed by atoms with Crippen molar-refractivity contribution in [1.82, 2.24) is 9.88 Å². The van der Waals surface area contributed by atoms with E-state index >= 15 is 0 Å². The summed E-state index contributed by atoms with van der Waals surface area (Å²) < 4.78 is 2.21. The highest BCUT2D eigenvalue weighted by molar-refractivity contribution is 7.98. The molecule has 1 N–H and O–H groups in total. The number of nitrogens with one attached hydrogen (secondary N) is 1. The SMILES string of the molecule is CCn1ccc(CNC(C)CCSC)c1. The van der Waals surface area contributed by atoms with Crippen molar-refractivity contribution in [2.45, 2.75) is 39.4 Å². The van der Waals surface area contributed by atoms with Crippen LogP contribution in [0.15, 0.2) is 18.5 Å². The smallest absolute Gasteiger partial charge is 0.0223 e. The quantitative estimate of drug-likeness (QED) is 0.770. The van der Waals surface area contributed by atoms with Crippen LogP contribution < -0.4 is 5.32 Å². The van der Waals surface area contributed by atoms with Crippen molar-refractivity contribution < 1.29 is 0 Å². The van der Waals surface area contributed by atoms with Crippen molar-refractivity contribution in [2.24, 2.45) is 0 Å². The van der Waals surface area contributed by atoms with Gasteiger partial charge in [-0.2, -0.15) is 11.8 Å². The Morgan fingerprint density at radius 1 is 1.53 bits per heavy atom. The summed E-state index contributed by atoms with van der Waals surface area (Å²) in [5, 5.41) is 3.54. The first kappa shape index (κ1) is 12.7. The van der Waals surface area contributed by atoms with Gasteiger partial charge in [0.05, 0.1) is 0 Å². The molecular weight excluding hydrogens is 204 g/mol. The lowest BCUT2D eigenvalue weighted by Gasteiger charge is -2.12. The van der Waals surface area contributed by atoms with Crippen molar-refractivity contribution >= 4 is 11.8 Å². The fourth-order valence-corrected chi connectivity index (χ4v) is 2.07. The minimum Gasteiger partial charge on any atom is -0.354 e. The summed E-state index contributed by atoms with van der Waals surface area (Å²) in [5.41, 5.74) is 1.38. The normalized spacial score (nSPS) is 13.0. The summed E-state index contributed by atoms with van der Waals surface area (Å²) in [6.45, 7) is 6.47. The molecule has 1 rings (SSSR count). The van der Waals surface area contributed by atoms with Crippen molar-refractivity contribution in [3.8, 4) is 0 Å². The number of thioether (sulfide) groups is 1. The first-order valence-corrected chi connectivity index (χ1v) is 7.02. The third-order valence-electron chi connectivity index (χ3n) is 2.59. The summed E-state index contributed by atoms with van der Waals surface area (Å²) in [6.07, 6.45) is 7.77. The van der Waals surface area contributed by atoms with Crippen LogP contribution in [0.2, 0.25) is 0 Å². The Morgan fingerprint density at radius 3 is 2.93 bits per heavy atom. The molecule has 1 heterocycles. The van der Waals surface area contributed by atoms with E-state index in [1.54, 1.807) is 0 Å². The monoisotopic (exact) mass is 226 g/mol. The molecule has 0 aromatic carbocycles. The summed E-state index contributed by atoms with van der Waals surface area (Å²) >= 11 is 1.92. The van der Waals surface area contributed by atoms with Gasteiger partial charge in [0, 0.05) is 31.5 Å². The van der Waals surface area contributed by atoms with Gasteiger partial charge in [-0.1, -0.05) is 0 Å². The molecule has 0 radical (unpaired) electrons. The molecule has 0 aliphatic carbocycles. The third kappa shape index (κ3) is 4.76. The number of aromatic nitrogens is 1. The summed E-state index contributed by atoms with van der Waals surface area (Å²) in [4.78, 5) is 0. The van der Waals surface area contributed by atoms with Gasteiger partial charge in [-0.05, 0) is 43.9 Å². The minimum atomic E-state index is 0.613. The molecule has 0 amide bonds. The predicted molar refractivity (Wildman–Crippen MR) is 69.4 cm³/mol. The second kappa shape index (κ2) is 6.96. The third-order valence-corrected chi connectivity index (χ3v) is 3.23. The average molecular weight is 226 g/mol. The van der Waals surface area contributed by atoms with Crippen LogP contribution in [0.1, 0.15) is 25.8 Å². The molecule has 1 aromatic rings. The second-order valence-corrected chi connectivity index (χ2v) is 4.90. The van der Waals surface area contributed by atoms with Gasteiger partial charge in [0.2, 0.25) is 0 Å². The number of aryl methyl sites for hydroxylation is 1. The van der Waals surface area contributed by atoms with E-state index in [-0.39, 0.29) is 0 Å². The van der Waals surface area contributed by atoms with Crippen molar-refractivity contribution in [3.05, 3.63) is 24.0 Å². The number of hydrogen-bond acceptors (Lipinski definition) is 2. The molecule has 15 heavy (non-hydrogen) atoms. The van der Waals surface area contributed by atoms with Crippen LogP contribution >= 0.6 is 11.8 Å². The highest BCUT2D eigenvalue weighted by Crippen LogP contribution is 2.04. The molecule has 3 heteroatoms. The van der Waals surface area contributed by atoms with Crippen molar-refractivity contribution in [1.29, 1.82) is 0 Å². The Balaban J connectivity index is 2.24. The molecule has 1 atom stereocenters. The number of nitrogens with zero attached hydrogens (tertiary/aromatic N) is 1. The number of hydrogen-bond donors (Lipinski definition) is 1. The molecule has 0 fully saturated rings. The molecule has 1 unspecified atom stereocenters. The molecule has 0 saturated carbocycles. The fourth-order valence-electron chi connectivity index (χ4n) is 1.48. The Morgan fingerprint density at radius 2 is 2.33 bits per heavy atom. The lowest BCUT2D eigenvalue weighted by Crippen LogP contribution is -2.25. The van der Waals surface area contributed by atoms with Crippen LogP contribution in [0.25, 0.3) is 0 Å². The van der Waals surface area contributed by atoms with Gasteiger partial charge >= 0.3 is 0 Å². The standard InChI is InChI=1S/C12H22N2S/c1-4-14-7-5-12(10-14)9-13-11(2)6-8-15-3/h5,7,10-11,13H,4,6,8-9H2,1-3H3. The topological polar surface area (TPSA) is 17.0 Å². The van der Waals surface area contributed by atoms with E-state index in [4.69, 9.17) is 0 Å². The summed E-state index contributed by atoms with van der Waals surface area (Å²) in [7, 11) is 0. The maximum atomic E-state index is 3.54. The number of rotatable bonds is 7. The maximum Gasteiger partial charge on any atom is 0.0223 e. The van der Waals surface area contributed by atoms with Crippen LogP contribution in [-0.2, 0) is 13.1 Å². The minimum absolute atomic E-state index is 0.613. The van der Waals surface area contributed by atoms with E-state index in [0.29, 0.717) is 6.04 Å². The largest absolute Gasteiger partial charge is 0.354 e. The second-order valence-electron chi connectivity index (χ2n) is 3.91. The Hall–Kier alpha value is -0.410. The molecule has 0 spiro atoms. The van der Waals surface area contributed by atoms with Gasteiger partial charge in [-0.25, -0.2) is 0 Å². The van der Waals surface area contributed by atoms with E-state index < -0.39 is 0 Å². The Bertz CT molecular complexity index is 270. The van der Waals surface area contributed by atoms with Crippen LogP contribution in [0.3, 0.4) is 0 Å². The van der Waals surface area contributed by atoms with Gasteiger partial charge in [-0.15, -0.1) is 0 Å². The highest BCUT2D eigenvalue weighted by Gasteiger charge is 2.01. The Kier molecular flexibility index (Phi) is 5.88. The average Bonchev–Trinajstić information content (AvgIpc) is 2.71. The predicted octanol–water partition coefficient (Wildman–Crippen LogP) is 2.74. The van der Waals surface area contributed by atoms with E-state index in [2.05, 4.69) is 48.4 Å². The molecule has 0 bridgehead atoms. The lowest BCUT2D eigenvalue weighted by atomic mass is 10.2. The van der Waals surface area contributed by atoms with E-state index in [1.165, 1.54) is 17.7 Å². The first-order chi connectivity index (χ1) is 7.26. The van der Waals surface area contributed by atoms with Crippen LogP contribution in [-0.4, -0.2) is 22.6 Å². The van der Waals surface area contributed by atoms with Crippen molar-refractivity contribution in [2.75, 3.05) is 12.0 Å². The molecular formula is C12H22N2S. The Labute approximate surface area is 97.4 Å². The summed E-state index contributed by atoms with van der Waals surface area (Å²) in [5.74, 6) is 1.24. The highest BCUT2D eigenvalue weighted by atomic mass is 32.2. The molecule has 1 aromatic heterocycles. The molecule has 0 aliphatic rings. The molecule has 0 aliphatic heterocycles. The van der Waals surface area contributed by atoms with Gasteiger partial charge in [0.15, 0.2) is 0 Å². The fraction of sp³-hybridized carbons (Fsp3) is 0.667. The molecule has 0 saturated heterocycles. The van der Waals surface area contributed by atoms with Crippen LogP contribution in [0, 0.1) is 0 Å².